The molecule has 0 N–H and O–H groups in total. The maximum absolute atomic E-state index is 13.4. The average Bonchev–Trinajstić information content (AvgIpc) is 3.25. The highest BCUT2D eigenvalue weighted by Gasteiger charge is 2.34. The van der Waals surface area contributed by atoms with Crippen molar-refractivity contribution >= 4 is 17.0 Å². The molecule has 1 fully saturated rings. The standard InChI is InChI=1S/C18H21N5O2/c1-10-8-13(15-12(3)21-25-17(15)20-10)18(24)23-7-5-6-14(23)16-19-11(2)9-22(16)4/h8-9,14H,5-7H2,1-4H3/t14-/m1/s1. The third-order valence-corrected chi connectivity index (χ3v) is 4.82. The first kappa shape index (κ1) is 15.8. The first-order valence-electron chi connectivity index (χ1n) is 8.50. The second-order valence-electron chi connectivity index (χ2n) is 6.77. The van der Waals surface area contributed by atoms with Crippen LogP contribution in [0.15, 0.2) is 16.8 Å². The van der Waals surface area contributed by atoms with Crippen LogP contribution in [0, 0.1) is 20.8 Å². The first-order valence-corrected chi connectivity index (χ1v) is 8.50. The molecule has 7 heteroatoms. The number of pyridine rings is 1. The van der Waals surface area contributed by atoms with Gasteiger partial charge in [0, 0.05) is 25.5 Å². The van der Waals surface area contributed by atoms with Crippen LogP contribution in [0.4, 0.5) is 0 Å². The molecule has 3 aromatic heterocycles. The average molecular weight is 339 g/mol. The minimum Gasteiger partial charge on any atom is -0.336 e. The van der Waals surface area contributed by atoms with E-state index in [1.807, 2.05) is 49.5 Å². The quantitative estimate of drug-likeness (QED) is 0.717. The lowest BCUT2D eigenvalue weighted by Gasteiger charge is -2.24. The Balaban J connectivity index is 1.78. The molecular weight excluding hydrogens is 318 g/mol. The van der Waals surface area contributed by atoms with Crippen LogP contribution in [0.5, 0.6) is 0 Å². The molecule has 1 amide bonds. The summed E-state index contributed by atoms with van der Waals surface area (Å²) in [7, 11) is 1.98. The number of hydrogen-bond donors (Lipinski definition) is 0. The van der Waals surface area contributed by atoms with E-state index in [-0.39, 0.29) is 11.9 Å². The smallest absolute Gasteiger partial charge is 0.258 e. The van der Waals surface area contributed by atoms with E-state index >= 15 is 0 Å². The summed E-state index contributed by atoms with van der Waals surface area (Å²) < 4.78 is 7.29. The van der Waals surface area contributed by atoms with Crippen molar-refractivity contribution in [2.24, 2.45) is 7.05 Å². The molecule has 0 bridgehead atoms. The number of hydrogen-bond acceptors (Lipinski definition) is 5. The molecule has 1 atom stereocenters. The Bertz CT molecular complexity index is 971. The molecule has 0 aliphatic carbocycles. The van der Waals surface area contributed by atoms with Crippen molar-refractivity contribution in [3.05, 3.63) is 40.7 Å². The minimum atomic E-state index is -0.00930. The molecule has 0 aromatic carbocycles. The Morgan fingerprint density at radius 3 is 2.76 bits per heavy atom. The second-order valence-corrected chi connectivity index (χ2v) is 6.77. The molecule has 4 heterocycles. The number of amides is 1. The van der Waals surface area contributed by atoms with E-state index in [0.29, 0.717) is 22.4 Å². The maximum Gasteiger partial charge on any atom is 0.258 e. The zero-order valence-electron chi connectivity index (χ0n) is 14.9. The van der Waals surface area contributed by atoms with Crippen LogP contribution < -0.4 is 0 Å². The van der Waals surface area contributed by atoms with Gasteiger partial charge in [0.2, 0.25) is 0 Å². The zero-order chi connectivity index (χ0) is 17.7. The molecule has 0 radical (unpaired) electrons. The molecule has 0 saturated carbocycles. The fourth-order valence-corrected chi connectivity index (χ4v) is 3.76. The fourth-order valence-electron chi connectivity index (χ4n) is 3.76. The van der Waals surface area contributed by atoms with Crippen molar-refractivity contribution < 1.29 is 9.32 Å². The fraction of sp³-hybridized carbons (Fsp3) is 0.444. The number of carbonyl (C=O) groups excluding carboxylic acids is 1. The Hall–Kier alpha value is -2.70. The van der Waals surface area contributed by atoms with Gasteiger partial charge in [-0.1, -0.05) is 5.16 Å². The number of aryl methyl sites for hydroxylation is 4. The van der Waals surface area contributed by atoms with Gasteiger partial charge < -0.3 is 14.0 Å². The lowest BCUT2D eigenvalue weighted by Crippen LogP contribution is -2.32. The van der Waals surface area contributed by atoms with Crippen molar-refractivity contribution in [3.63, 3.8) is 0 Å². The third-order valence-electron chi connectivity index (χ3n) is 4.82. The van der Waals surface area contributed by atoms with Gasteiger partial charge in [-0.25, -0.2) is 9.97 Å². The highest BCUT2D eigenvalue weighted by atomic mass is 16.5. The van der Waals surface area contributed by atoms with Gasteiger partial charge in [0.25, 0.3) is 11.6 Å². The monoisotopic (exact) mass is 339 g/mol. The summed E-state index contributed by atoms with van der Waals surface area (Å²) in [6, 6.07) is 1.82. The molecule has 0 spiro atoms. The van der Waals surface area contributed by atoms with Gasteiger partial charge in [-0.3, -0.25) is 4.79 Å². The van der Waals surface area contributed by atoms with Crippen LogP contribution in [-0.4, -0.2) is 37.0 Å². The van der Waals surface area contributed by atoms with E-state index in [1.165, 1.54) is 0 Å². The normalized spacial score (nSPS) is 17.6. The van der Waals surface area contributed by atoms with Crippen LogP contribution >= 0.6 is 0 Å². The van der Waals surface area contributed by atoms with E-state index in [1.54, 1.807) is 0 Å². The number of likely N-dealkylation sites (tertiary alicyclic amines) is 1. The topological polar surface area (TPSA) is 77.0 Å². The van der Waals surface area contributed by atoms with Crippen LogP contribution in [0.3, 0.4) is 0 Å². The predicted molar refractivity (Wildman–Crippen MR) is 92.2 cm³/mol. The van der Waals surface area contributed by atoms with Crippen LogP contribution in [-0.2, 0) is 7.05 Å². The van der Waals surface area contributed by atoms with Crippen LogP contribution in [0.25, 0.3) is 11.1 Å². The number of nitrogens with zero attached hydrogens (tertiary/aromatic N) is 5. The molecule has 1 aliphatic heterocycles. The van der Waals surface area contributed by atoms with Gasteiger partial charge >= 0.3 is 0 Å². The van der Waals surface area contributed by atoms with Crippen molar-refractivity contribution in [2.75, 3.05) is 6.54 Å². The van der Waals surface area contributed by atoms with Gasteiger partial charge in [0.05, 0.1) is 28.4 Å². The van der Waals surface area contributed by atoms with Gasteiger partial charge in [-0.15, -0.1) is 0 Å². The molecule has 1 saturated heterocycles. The van der Waals surface area contributed by atoms with Gasteiger partial charge in [0.1, 0.15) is 5.82 Å². The van der Waals surface area contributed by atoms with E-state index in [4.69, 9.17) is 4.52 Å². The highest BCUT2D eigenvalue weighted by Crippen LogP contribution is 2.34. The molecule has 130 valence electrons. The molecule has 4 rings (SSSR count). The van der Waals surface area contributed by atoms with Crippen molar-refractivity contribution in [1.82, 2.24) is 24.6 Å². The number of imidazole rings is 1. The van der Waals surface area contributed by atoms with Crippen LogP contribution in [0.2, 0.25) is 0 Å². The number of rotatable bonds is 2. The zero-order valence-corrected chi connectivity index (χ0v) is 14.9. The summed E-state index contributed by atoms with van der Waals surface area (Å²) >= 11 is 0. The Morgan fingerprint density at radius 1 is 1.24 bits per heavy atom. The van der Waals surface area contributed by atoms with E-state index < -0.39 is 0 Å². The third kappa shape index (κ3) is 2.50. The largest absolute Gasteiger partial charge is 0.336 e. The van der Waals surface area contributed by atoms with Crippen molar-refractivity contribution in [2.45, 2.75) is 39.7 Å². The maximum atomic E-state index is 13.4. The van der Waals surface area contributed by atoms with E-state index in [2.05, 4.69) is 15.1 Å². The number of fused-ring (bicyclic) bond motifs is 1. The summed E-state index contributed by atoms with van der Waals surface area (Å²) in [5.74, 6) is 0.928. The Morgan fingerprint density at radius 2 is 2.04 bits per heavy atom. The summed E-state index contributed by atoms with van der Waals surface area (Å²) in [5, 5.41) is 4.68. The first-order chi connectivity index (χ1) is 12.0. The number of carbonyl (C=O) groups is 1. The Labute approximate surface area is 145 Å². The predicted octanol–water partition coefficient (Wildman–Crippen LogP) is 2.86. The van der Waals surface area contributed by atoms with Gasteiger partial charge in [-0.05, 0) is 39.7 Å². The molecule has 3 aromatic rings. The minimum absolute atomic E-state index is 0.00473. The summed E-state index contributed by atoms with van der Waals surface area (Å²) in [5.41, 5.74) is 3.43. The van der Waals surface area contributed by atoms with Gasteiger partial charge in [-0.2, -0.15) is 0 Å². The summed E-state index contributed by atoms with van der Waals surface area (Å²) in [6.45, 7) is 6.39. The molecule has 0 unspecified atom stereocenters. The number of aromatic nitrogens is 4. The molecule has 25 heavy (non-hydrogen) atoms. The molecule has 7 nitrogen and oxygen atoms in total. The van der Waals surface area contributed by atoms with E-state index in [0.717, 1.165) is 36.6 Å². The van der Waals surface area contributed by atoms with Crippen molar-refractivity contribution in [3.8, 4) is 0 Å². The Kier molecular flexibility index (Phi) is 3.59. The lowest BCUT2D eigenvalue weighted by atomic mass is 10.1. The van der Waals surface area contributed by atoms with Crippen LogP contribution in [0.1, 0.15) is 52.1 Å². The summed E-state index contributed by atoms with van der Waals surface area (Å²) in [6.07, 6.45) is 3.89. The second kappa shape index (κ2) is 5.68. The molecular formula is C18H21N5O2. The SMILES string of the molecule is Cc1cn(C)c([C@H]2CCCN2C(=O)c2cc(C)nc3onc(C)c23)n1. The molecule has 1 aliphatic rings. The van der Waals surface area contributed by atoms with Crippen molar-refractivity contribution in [1.29, 1.82) is 0 Å². The summed E-state index contributed by atoms with van der Waals surface area (Å²) in [4.78, 5) is 24.3. The highest BCUT2D eigenvalue weighted by molar-refractivity contribution is 6.06. The van der Waals surface area contributed by atoms with E-state index in [9.17, 15) is 4.79 Å². The van der Waals surface area contributed by atoms with Gasteiger partial charge in [0.15, 0.2) is 0 Å². The lowest BCUT2D eigenvalue weighted by molar-refractivity contribution is 0.0730.